The molecule has 1 aliphatic rings. The molecule has 0 amide bonds. The molecule has 4 heteroatoms. The lowest BCUT2D eigenvalue weighted by atomic mass is 10.2. The lowest BCUT2D eigenvalue weighted by Gasteiger charge is -1.99. The molecule has 0 bridgehead atoms. The Morgan fingerprint density at radius 2 is 2.33 bits per heavy atom. The average Bonchev–Trinajstić information content (AvgIpc) is 2.73. The second-order valence-corrected chi connectivity index (χ2v) is 3.96. The molecule has 1 saturated carbocycles. The molecule has 2 unspecified atom stereocenters. The van der Waals surface area contributed by atoms with Gasteiger partial charge < -0.3 is 5.73 Å². The molecule has 1 aliphatic carbocycles. The van der Waals surface area contributed by atoms with Gasteiger partial charge >= 0.3 is 0 Å². The quantitative estimate of drug-likeness (QED) is 0.748. The number of rotatable bonds is 1. The number of aromatic nitrogens is 1. The minimum Gasteiger partial charge on any atom is -0.327 e. The highest BCUT2D eigenvalue weighted by molar-refractivity contribution is 9.10. The maximum Gasteiger partial charge on any atom is 0.216 e. The van der Waals surface area contributed by atoms with Crippen LogP contribution in [0.4, 0.5) is 4.39 Å². The van der Waals surface area contributed by atoms with Crippen molar-refractivity contribution < 1.29 is 4.39 Å². The van der Waals surface area contributed by atoms with Gasteiger partial charge in [-0.05, 0) is 28.4 Å². The summed E-state index contributed by atoms with van der Waals surface area (Å²) in [4.78, 5) is 3.61. The number of hydrogen-bond acceptors (Lipinski definition) is 2. The number of nitrogens with two attached hydrogens (primary N) is 1. The van der Waals surface area contributed by atoms with Gasteiger partial charge in [-0.1, -0.05) is 0 Å². The second-order valence-electron chi connectivity index (χ2n) is 3.04. The first kappa shape index (κ1) is 8.13. The molecular formula is C8H8BrFN2. The molecule has 0 spiro atoms. The van der Waals surface area contributed by atoms with Crippen LogP contribution >= 0.6 is 15.9 Å². The number of halogens is 2. The van der Waals surface area contributed by atoms with Gasteiger partial charge in [-0.15, -0.1) is 0 Å². The van der Waals surface area contributed by atoms with E-state index in [0.717, 1.165) is 10.9 Å². The molecule has 1 aromatic rings. The van der Waals surface area contributed by atoms with E-state index < -0.39 is 5.95 Å². The molecule has 0 radical (unpaired) electrons. The summed E-state index contributed by atoms with van der Waals surface area (Å²) in [5, 5.41) is 0. The van der Waals surface area contributed by atoms with Crippen molar-refractivity contribution in [2.45, 2.75) is 18.4 Å². The highest BCUT2D eigenvalue weighted by atomic mass is 79.9. The lowest BCUT2D eigenvalue weighted by Crippen LogP contribution is -2.03. The van der Waals surface area contributed by atoms with E-state index in [4.69, 9.17) is 5.73 Å². The molecule has 2 rings (SSSR count). The van der Waals surface area contributed by atoms with Crippen molar-refractivity contribution in [1.29, 1.82) is 0 Å². The molecule has 0 aromatic carbocycles. The molecule has 64 valence electrons. The van der Waals surface area contributed by atoms with Gasteiger partial charge in [-0.3, -0.25) is 0 Å². The Kier molecular flexibility index (Phi) is 1.88. The van der Waals surface area contributed by atoms with Crippen LogP contribution in [-0.4, -0.2) is 11.0 Å². The van der Waals surface area contributed by atoms with E-state index in [1.54, 1.807) is 6.07 Å². The van der Waals surface area contributed by atoms with Crippen molar-refractivity contribution in [1.82, 2.24) is 4.98 Å². The largest absolute Gasteiger partial charge is 0.327 e. The molecule has 0 saturated heterocycles. The van der Waals surface area contributed by atoms with E-state index >= 15 is 0 Å². The maximum atomic E-state index is 13.0. The first-order chi connectivity index (χ1) is 5.68. The minimum atomic E-state index is -0.392. The van der Waals surface area contributed by atoms with Crippen molar-refractivity contribution in [3.63, 3.8) is 0 Å². The first-order valence-electron chi connectivity index (χ1n) is 3.75. The van der Waals surface area contributed by atoms with E-state index in [1.807, 2.05) is 0 Å². The minimum absolute atomic E-state index is 0.121. The van der Waals surface area contributed by atoms with Crippen molar-refractivity contribution in [3.8, 4) is 0 Å². The third-order valence-corrected chi connectivity index (χ3v) is 2.51. The third kappa shape index (κ3) is 1.36. The van der Waals surface area contributed by atoms with Gasteiger partial charge in [0.25, 0.3) is 0 Å². The molecular weight excluding hydrogens is 223 g/mol. The third-order valence-electron chi connectivity index (χ3n) is 2.07. The molecule has 1 fully saturated rings. The fourth-order valence-corrected chi connectivity index (χ4v) is 1.62. The molecule has 2 N–H and O–H groups in total. The average molecular weight is 231 g/mol. The van der Waals surface area contributed by atoms with Crippen LogP contribution in [0.1, 0.15) is 17.9 Å². The van der Waals surface area contributed by atoms with Crippen LogP contribution in [0.3, 0.4) is 0 Å². The second kappa shape index (κ2) is 2.78. The highest BCUT2D eigenvalue weighted by Crippen LogP contribution is 2.40. The van der Waals surface area contributed by atoms with Crippen LogP contribution in [0.2, 0.25) is 0 Å². The van der Waals surface area contributed by atoms with E-state index in [-0.39, 0.29) is 12.0 Å². The van der Waals surface area contributed by atoms with Gasteiger partial charge in [0.05, 0.1) is 0 Å². The Morgan fingerprint density at radius 3 is 2.92 bits per heavy atom. The Morgan fingerprint density at radius 1 is 1.67 bits per heavy atom. The maximum absolute atomic E-state index is 13.0. The van der Waals surface area contributed by atoms with Gasteiger partial charge in [-0.25, -0.2) is 4.98 Å². The Balaban J connectivity index is 2.36. The van der Waals surface area contributed by atoms with Crippen LogP contribution in [-0.2, 0) is 0 Å². The van der Waals surface area contributed by atoms with Crippen molar-refractivity contribution in [2.75, 3.05) is 0 Å². The fourth-order valence-electron chi connectivity index (χ4n) is 1.27. The zero-order valence-corrected chi connectivity index (χ0v) is 7.88. The summed E-state index contributed by atoms with van der Waals surface area (Å²) in [6.07, 6.45) is 2.32. The van der Waals surface area contributed by atoms with E-state index in [2.05, 4.69) is 20.9 Å². The summed E-state index contributed by atoms with van der Waals surface area (Å²) in [5.74, 6) is -0.217. The van der Waals surface area contributed by atoms with Crippen LogP contribution in [0.25, 0.3) is 0 Å². The molecule has 0 aliphatic heterocycles. The van der Waals surface area contributed by atoms with E-state index in [1.165, 1.54) is 6.20 Å². The summed E-state index contributed by atoms with van der Waals surface area (Å²) < 4.78 is 13.8. The predicted molar refractivity (Wildman–Crippen MR) is 47.2 cm³/mol. The molecule has 1 aromatic heterocycles. The molecule has 12 heavy (non-hydrogen) atoms. The summed E-state index contributed by atoms with van der Waals surface area (Å²) in [5.41, 5.74) is 6.24. The SMILES string of the molecule is NC1CC1c1cc(Br)cnc1F. The molecule has 2 atom stereocenters. The first-order valence-corrected chi connectivity index (χ1v) is 4.54. The van der Waals surface area contributed by atoms with Crippen molar-refractivity contribution >= 4 is 15.9 Å². The standard InChI is InChI=1S/C8H8BrFN2/c9-4-1-6(5-2-7(5)11)8(10)12-3-4/h1,3,5,7H,2,11H2. The smallest absolute Gasteiger partial charge is 0.216 e. The molecule has 1 heterocycles. The van der Waals surface area contributed by atoms with Gasteiger partial charge in [0.2, 0.25) is 5.95 Å². The summed E-state index contributed by atoms with van der Waals surface area (Å²) in [6.45, 7) is 0. The predicted octanol–water partition coefficient (Wildman–Crippen LogP) is 1.80. The lowest BCUT2D eigenvalue weighted by molar-refractivity contribution is 0.565. The zero-order valence-electron chi connectivity index (χ0n) is 6.30. The Labute approximate surface area is 78.1 Å². The van der Waals surface area contributed by atoms with Crippen LogP contribution < -0.4 is 5.73 Å². The highest BCUT2D eigenvalue weighted by Gasteiger charge is 2.37. The van der Waals surface area contributed by atoms with Crippen LogP contribution in [0.15, 0.2) is 16.7 Å². The van der Waals surface area contributed by atoms with Crippen molar-refractivity contribution in [2.24, 2.45) is 5.73 Å². The van der Waals surface area contributed by atoms with Gasteiger partial charge in [-0.2, -0.15) is 4.39 Å². The van der Waals surface area contributed by atoms with Crippen molar-refractivity contribution in [3.05, 3.63) is 28.2 Å². The normalized spacial score (nSPS) is 27.2. The fraction of sp³-hybridized carbons (Fsp3) is 0.375. The monoisotopic (exact) mass is 230 g/mol. The van der Waals surface area contributed by atoms with Gasteiger partial charge in [0.15, 0.2) is 0 Å². The van der Waals surface area contributed by atoms with Crippen LogP contribution in [0, 0.1) is 5.95 Å². The molecule has 2 nitrogen and oxygen atoms in total. The Bertz CT molecular complexity index is 316. The van der Waals surface area contributed by atoms with E-state index in [9.17, 15) is 4.39 Å². The number of hydrogen-bond donors (Lipinski definition) is 1. The summed E-state index contributed by atoms with van der Waals surface area (Å²) in [6, 6.07) is 1.87. The van der Waals surface area contributed by atoms with E-state index in [0.29, 0.717) is 5.56 Å². The zero-order chi connectivity index (χ0) is 8.72. The number of nitrogens with zero attached hydrogens (tertiary/aromatic N) is 1. The van der Waals surface area contributed by atoms with Gasteiger partial charge in [0, 0.05) is 28.2 Å². The Hall–Kier alpha value is -0.480. The summed E-state index contributed by atoms with van der Waals surface area (Å²) >= 11 is 3.24. The number of pyridine rings is 1. The van der Waals surface area contributed by atoms with Gasteiger partial charge in [0.1, 0.15) is 0 Å². The van der Waals surface area contributed by atoms with Crippen LogP contribution in [0.5, 0.6) is 0 Å². The summed E-state index contributed by atoms with van der Waals surface area (Å²) in [7, 11) is 0. The topological polar surface area (TPSA) is 38.9 Å².